The van der Waals surface area contributed by atoms with E-state index in [1.165, 1.54) is 18.2 Å². The molecule has 2 aromatic carbocycles. The lowest BCUT2D eigenvalue weighted by Gasteiger charge is -2.11. The number of fused-ring (bicyclic) bond motifs is 1. The maximum absolute atomic E-state index is 13.5. The maximum atomic E-state index is 13.5. The summed E-state index contributed by atoms with van der Waals surface area (Å²) in [4.78, 5) is 16.0. The van der Waals surface area contributed by atoms with Crippen molar-refractivity contribution in [3.63, 3.8) is 0 Å². The molecule has 164 valence electrons. The summed E-state index contributed by atoms with van der Waals surface area (Å²) in [7, 11) is 0. The molecule has 4 rings (SSSR count). The maximum Gasteiger partial charge on any atom is 0.405 e. The number of anilines is 1. The normalized spacial score (nSPS) is 11.5. The molecule has 0 fully saturated rings. The van der Waals surface area contributed by atoms with Gasteiger partial charge >= 0.3 is 12.2 Å². The first-order chi connectivity index (χ1) is 15.2. The lowest BCUT2D eigenvalue weighted by Crippen LogP contribution is -2.36. The third-order valence-electron chi connectivity index (χ3n) is 4.57. The van der Waals surface area contributed by atoms with E-state index in [1.54, 1.807) is 52.4 Å². The molecule has 0 atom stereocenters. The highest BCUT2D eigenvalue weighted by Gasteiger charge is 2.27. The fraction of sp³-hybridized carbons (Fsp3) is 0.0909. The lowest BCUT2D eigenvalue weighted by molar-refractivity contribution is -0.122. The molecule has 0 unspecified atom stereocenters. The van der Waals surface area contributed by atoms with Crippen LogP contribution in [0.1, 0.15) is 0 Å². The van der Waals surface area contributed by atoms with E-state index < -0.39 is 30.4 Å². The first kappa shape index (κ1) is 21.3. The highest BCUT2D eigenvalue weighted by molar-refractivity contribution is 5.90. The molecule has 10 heteroatoms. The average Bonchev–Trinajstić information content (AvgIpc) is 3.14. The number of imidazole rings is 1. The van der Waals surface area contributed by atoms with Gasteiger partial charge in [-0.2, -0.15) is 13.2 Å². The number of carbonyl (C=O) groups excluding carboxylic acids is 1. The van der Waals surface area contributed by atoms with Crippen molar-refractivity contribution < 1.29 is 26.7 Å². The molecule has 0 radical (unpaired) electrons. The standard InChI is InChI=1S/C22H15F5N4O/c23-16-6-15(7-17(24)10-16)13-4-5-31-19(11-28-20(31)9-13)14-2-1-3-18(8-14)30-21(32)29-12-22(25,26)27/h1-11H,12H2,(H2,29,30,32). The largest absolute Gasteiger partial charge is 0.405 e. The molecule has 2 aromatic heterocycles. The number of nitrogens with one attached hydrogen (secondary N) is 2. The van der Waals surface area contributed by atoms with Crippen LogP contribution in [0, 0.1) is 11.6 Å². The Morgan fingerprint density at radius 3 is 2.41 bits per heavy atom. The number of hydrogen-bond donors (Lipinski definition) is 2. The smallest absolute Gasteiger partial charge is 0.329 e. The number of pyridine rings is 1. The predicted octanol–water partition coefficient (Wildman–Crippen LogP) is 5.63. The summed E-state index contributed by atoms with van der Waals surface area (Å²) in [6.07, 6.45) is -1.24. The van der Waals surface area contributed by atoms with Gasteiger partial charge in [0.1, 0.15) is 23.8 Å². The van der Waals surface area contributed by atoms with Crippen LogP contribution < -0.4 is 10.6 Å². The van der Waals surface area contributed by atoms with Crippen molar-refractivity contribution >= 4 is 17.4 Å². The van der Waals surface area contributed by atoms with Gasteiger partial charge in [-0.05, 0) is 47.5 Å². The molecule has 0 bridgehead atoms. The molecule has 2 N–H and O–H groups in total. The second-order valence-corrected chi connectivity index (χ2v) is 6.95. The number of alkyl halides is 3. The predicted molar refractivity (Wildman–Crippen MR) is 109 cm³/mol. The van der Waals surface area contributed by atoms with Gasteiger partial charge in [0, 0.05) is 23.5 Å². The van der Waals surface area contributed by atoms with Crippen LogP contribution in [0.25, 0.3) is 28.0 Å². The number of carbonyl (C=O) groups is 1. The molecule has 0 saturated carbocycles. The van der Waals surface area contributed by atoms with Gasteiger partial charge < -0.3 is 10.6 Å². The molecule has 0 aliphatic rings. The molecule has 2 amide bonds. The van der Waals surface area contributed by atoms with Gasteiger partial charge in [0.25, 0.3) is 0 Å². The minimum absolute atomic E-state index is 0.295. The Balaban J connectivity index is 1.59. The second kappa shape index (κ2) is 8.29. The van der Waals surface area contributed by atoms with E-state index in [2.05, 4.69) is 10.3 Å². The zero-order valence-electron chi connectivity index (χ0n) is 16.3. The number of rotatable bonds is 4. The van der Waals surface area contributed by atoms with Gasteiger partial charge in [-0.3, -0.25) is 4.40 Å². The molecule has 0 aliphatic heterocycles. The van der Waals surface area contributed by atoms with Crippen LogP contribution in [0.3, 0.4) is 0 Å². The Kier molecular flexibility index (Phi) is 5.52. The van der Waals surface area contributed by atoms with Gasteiger partial charge in [0.05, 0.1) is 11.9 Å². The van der Waals surface area contributed by atoms with Crippen molar-refractivity contribution in [1.29, 1.82) is 0 Å². The zero-order chi connectivity index (χ0) is 22.9. The molecule has 2 heterocycles. The molecular weight excluding hydrogens is 431 g/mol. The highest BCUT2D eigenvalue weighted by Crippen LogP contribution is 2.27. The highest BCUT2D eigenvalue weighted by atomic mass is 19.4. The Labute approximate surface area is 178 Å². The fourth-order valence-electron chi connectivity index (χ4n) is 3.21. The number of urea groups is 1. The number of aromatic nitrogens is 2. The van der Waals surface area contributed by atoms with Crippen molar-refractivity contribution in [2.24, 2.45) is 0 Å². The van der Waals surface area contributed by atoms with Gasteiger partial charge in [-0.25, -0.2) is 18.6 Å². The van der Waals surface area contributed by atoms with Gasteiger partial charge in [0.15, 0.2) is 0 Å². The van der Waals surface area contributed by atoms with Crippen LogP contribution in [-0.2, 0) is 0 Å². The topological polar surface area (TPSA) is 58.4 Å². The van der Waals surface area contributed by atoms with Crippen molar-refractivity contribution in [1.82, 2.24) is 14.7 Å². The van der Waals surface area contributed by atoms with Crippen molar-refractivity contribution in [2.75, 3.05) is 11.9 Å². The monoisotopic (exact) mass is 446 g/mol. The Morgan fingerprint density at radius 1 is 0.938 bits per heavy atom. The molecule has 0 spiro atoms. The molecule has 4 aromatic rings. The van der Waals surface area contributed by atoms with Gasteiger partial charge in [0.2, 0.25) is 0 Å². The van der Waals surface area contributed by atoms with E-state index in [0.29, 0.717) is 33.7 Å². The molecule has 32 heavy (non-hydrogen) atoms. The van der Waals surface area contributed by atoms with E-state index in [9.17, 15) is 26.7 Å². The number of benzene rings is 2. The van der Waals surface area contributed by atoms with Crippen LogP contribution in [0.2, 0.25) is 0 Å². The number of hydrogen-bond acceptors (Lipinski definition) is 2. The summed E-state index contributed by atoms with van der Waals surface area (Å²) < 4.78 is 65.5. The number of nitrogens with zero attached hydrogens (tertiary/aromatic N) is 2. The second-order valence-electron chi connectivity index (χ2n) is 6.95. The third-order valence-corrected chi connectivity index (χ3v) is 4.57. The van der Waals surface area contributed by atoms with E-state index in [0.717, 1.165) is 6.07 Å². The molecule has 0 saturated heterocycles. The SMILES string of the molecule is O=C(NCC(F)(F)F)Nc1cccc(-c2cnc3cc(-c4cc(F)cc(F)c4)ccn23)c1. The van der Waals surface area contributed by atoms with Crippen molar-refractivity contribution in [3.8, 4) is 22.4 Å². The number of halogens is 5. The van der Waals surface area contributed by atoms with E-state index >= 15 is 0 Å². The summed E-state index contributed by atoms with van der Waals surface area (Å²) in [5.41, 5.74) is 3.05. The first-order valence-corrected chi connectivity index (χ1v) is 9.33. The Morgan fingerprint density at radius 2 is 1.69 bits per heavy atom. The van der Waals surface area contributed by atoms with E-state index in [1.807, 2.05) is 0 Å². The Bertz CT molecular complexity index is 1280. The minimum atomic E-state index is -4.51. The first-order valence-electron chi connectivity index (χ1n) is 9.33. The molecular formula is C22H15F5N4O. The fourth-order valence-corrected chi connectivity index (χ4v) is 3.21. The minimum Gasteiger partial charge on any atom is -0.329 e. The summed E-state index contributed by atoms with van der Waals surface area (Å²) in [6.45, 7) is -1.44. The molecule has 5 nitrogen and oxygen atoms in total. The number of amides is 2. The van der Waals surface area contributed by atoms with E-state index in [-0.39, 0.29) is 0 Å². The average molecular weight is 446 g/mol. The van der Waals surface area contributed by atoms with Crippen LogP contribution >= 0.6 is 0 Å². The van der Waals surface area contributed by atoms with Gasteiger partial charge in [-0.15, -0.1) is 0 Å². The summed E-state index contributed by atoms with van der Waals surface area (Å²) in [5, 5.41) is 4.09. The van der Waals surface area contributed by atoms with E-state index in [4.69, 9.17) is 0 Å². The van der Waals surface area contributed by atoms with Crippen molar-refractivity contribution in [3.05, 3.63) is 78.6 Å². The van der Waals surface area contributed by atoms with Crippen LogP contribution in [0.4, 0.5) is 32.4 Å². The quantitative estimate of drug-likeness (QED) is 0.399. The summed E-state index contributed by atoms with van der Waals surface area (Å²) in [5.74, 6) is -1.38. The van der Waals surface area contributed by atoms with Crippen molar-refractivity contribution in [2.45, 2.75) is 6.18 Å². The third kappa shape index (κ3) is 4.85. The Hall–Kier alpha value is -3.95. The summed E-state index contributed by atoms with van der Waals surface area (Å²) in [6, 6.07) is 12.1. The van der Waals surface area contributed by atoms with Gasteiger partial charge in [-0.1, -0.05) is 12.1 Å². The van der Waals surface area contributed by atoms with Crippen LogP contribution in [-0.4, -0.2) is 28.1 Å². The zero-order valence-corrected chi connectivity index (χ0v) is 16.3. The summed E-state index contributed by atoms with van der Waals surface area (Å²) >= 11 is 0. The lowest BCUT2D eigenvalue weighted by atomic mass is 10.1. The molecule has 0 aliphatic carbocycles. The van der Waals surface area contributed by atoms with Crippen LogP contribution in [0.15, 0.2) is 67.0 Å². The van der Waals surface area contributed by atoms with Crippen LogP contribution in [0.5, 0.6) is 0 Å².